The van der Waals surface area contributed by atoms with Crippen molar-refractivity contribution in [2.45, 2.75) is 51.6 Å². The van der Waals surface area contributed by atoms with E-state index in [-0.39, 0.29) is 42.9 Å². The van der Waals surface area contributed by atoms with Gasteiger partial charge in [-0.05, 0) is 70.1 Å². The van der Waals surface area contributed by atoms with Crippen molar-refractivity contribution in [1.82, 2.24) is 20.2 Å². The van der Waals surface area contributed by atoms with Crippen molar-refractivity contribution in [2.24, 2.45) is 11.7 Å². The van der Waals surface area contributed by atoms with E-state index in [1.54, 1.807) is 24.3 Å². The molecule has 2 heterocycles. The molecule has 12 nitrogen and oxygen atoms in total. The molecule has 1 aliphatic heterocycles. The van der Waals surface area contributed by atoms with Crippen LogP contribution >= 0.6 is 0 Å². The van der Waals surface area contributed by atoms with Gasteiger partial charge in [0.05, 0.1) is 10.8 Å². The summed E-state index contributed by atoms with van der Waals surface area (Å²) >= 11 is 0. The second kappa shape index (κ2) is 11.8. The summed E-state index contributed by atoms with van der Waals surface area (Å²) in [6.45, 7) is 1.92. The summed E-state index contributed by atoms with van der Waals surface area (Å²) in [6, 6.07) is 6.70. The maximum Gasteiger partial charge on any atom is 0.329 e. The number of nitrogens with one attached hydrogen (secondary N) is 3. The fourth-order valence-corrected chi connectivity index (χ4v) is 4.58. The minimum absolute atomic E-state index is 0. The van der Waals surface area contributed by atoms with Gasteiger partial charge in [-0.25, -0.2) is 4.98 Å². The third-order valence-electron chi connectivity index (χ3n) is 6.63. The molecule has 36 heavy (non-hydrogen) atoms. The van der Waals surface area contributed by atoms with E-state index in [1.807, 2.05) is 0 Å². The maximum absolute atomic E-state index is 12.6. The number of hydrogen-bond acceptors (Lipinski definition) is 9. The number of rotatable bonds is 8. The Bertz CT molecular complexity index is 1090. The first-order valence-electron chi connectivity index (χ1n) is 11.7. The van der Waals surface area contributed by atoms with Crippen LogP contribution in [0, 0.1) is 16.0 Å². The Balaban J connectivity index is 0.00000361. The van der Waals surface area contributed by atoms with Crippen molar-refractivity contribution in [1.29, 1.82) is 0 Å². The molecule has 0 radical (unpaired) electrons. The number of amides is 2. The molecule has 1 aliphatic carbocycles. The summed E-state index contributed by atoms with van der Waals surface area (Å²) < 4.78 is 0. The van der Waals surface area contributed by atoms with Crippen molar-refractivity contribution >= 4 is 35.0 Å². The zero-order valence-corrected chi connectivity index (χ0v) is 19.6. The third kappa shape index (κ3) is 6.45. The molecular weight excluding hydrogens is 464 g/mol. The van der Waals surface area contributed by atoms with Crippen LogP contribution in [0.5, 0.6) is 0 Å². The van der Waals surface area contributed by atoms with Gasteiger partial charge in [-0.1, -0.05) is 13.8 Å². The predicted molar refractivity (Wildman–Crippen MR) is 137 cm³/mol. The number of aromatic nitrogens is 2. The van der Waals surface area contributed by atoms with Gasteiger partial charge in [0.2, 0.25) is 17.7 Å². The van der Waals surface area contributed by atoms with E-state index in [0.717, 1.165) is 38.5 Å². The summed E-state index contributed by atoms with van der Waals surface area (Å²) in [5.41, 5.74) is 6.35. The molecular formula is C24H34N8O4. The lowest BCUT2D eigenvalue weighted by atomic mass is 10.0. The molecule has 1 aromatic carbocycles. The lowest BCUT2D eigenvalue weighted by Crippen LogP contribution is -2.43. The largest absolute Gasteiger partial charge is 0.369 e. The number of carbonyl (C=O) groups is 2. The van der Waals surface area contributed by atoms with Crippen LogP contribution in [-0.4, -0.2) is 63.8 Å². The van der Waals surface area contributed by atoms with Crippen LogP contribution in [0.1, 0.15) is 49.9 Å². The number of likely N-dealkylation sites (tertiary alicyclic amines) is 1. The first-order chi connectivity index (χ1) is 16.8. The first-order valence-corrected chi connectivity index (χ1v) is 11.7. The molecule has 1 aromatic heterocycles. The molecule has 2 fully saturated rings. The lowest BCUT2D eigenvalue weighted by Gasteiger charge is -2.29. The number of hydrogen-bond donors (Lipinski definition) is 4. The molecule has 12 heteroatoms. The Labute approximate surface area is 210 Å². The van der Waals surface area contributed by atoms with Crippen LogP contribution in [0.15, 0.2) is 30.5 Å². The molecule has 0 unspecified atom stereocenters. The Kier molecular flexibility index (Phi) is 8.75. The zero-order chi connectivity index (χ0) is 24.9. The highest BCUT2D eigenvalue weighted by atomic mass is 16.6. The summed E-state index contributed by atoms with van der Waals surface area (Å²) in [5, 5.41) is 20.6. The summed E-state index contributed by atoms with van der Waals surface area (Å²) in [6.07, 6.45) is 5.07. The molecule has 2 aromatic rings. The monoisotopic (exact) mass is 498 g/mol. The number of primary amides is 1. The third-order valence-corrected chi connectivity index (χ3v) is 6.63. The Morgan fingerprint density at radius 1 is 1.14 bits per heavy atom. The topological polar surface area (TPSA) is 168 Å². The van der Waals surface area contributed by atoms with Crippen molar-refractivity contribution in [3.63, 3.8) is 0 Å². The van der Waals surface area contributed by atoms with E-state index in [4.69, 9.17) is 5.73 Å². The number of nitrogens with zero attached hydrogens (tertiary/aromatic N) is 4. The minimum Gasteiger partial charge on any atom is -0.369 e. The smallest absolute Gasteiger partial charge is 0.329 e. The Hall–Kier alpha value is -3.80. The molecule has 0 spiro atoms. The van der Waals surface area contributed by atoms with E-state index in [0.29, 0.717) is 24.1 Å². The van der Waals surface area contributed by atoms with Crippen LogP contribution in [0.25, 0.3) is 0 Å². The standard InChI is InChI=1S/C23H30N8O4.CH4/c1-30-11-9-16(10-12-30)26-22(33)14-5-7-15(8-6-14)27-23-25-13-19(31(34)35)21(29-23)28-18-4-2-3-17(18)20(24)32;/h5-8,13,16-18H,2-4,9-12H2,1H3,(H2,24,32)(H,26,33)(H2,25,27,28,29);1H4/t17-,18+;/m0./s1. The molecule has 1 saturated carbocycles. The van der Waals surface area contributed by atoms with Crippen molar-refractivity contribution in [3.05, 3.63) is 46.1 Å². The number of carbonyl (C=O) groups excluding carboxylic acids is 2. The number of nitro groups is 1. The minimum atomic E-state index is -0.571. The quantitative estimate of drug-likeness (QED) is 0.316. The number of benzene rings is 1. The lowest BCUT2D eigenvalue weighted by molar-refractivity contribution is -0.384. The fraction of sp³-hybridized carbons (Fsp3) is 0.500. The highest BCUT2D eigenvalue weighted by Gasteiger charge is 2.33. The van der Waals surface area contributed by atoms with E-state index >= 15 is 0 Å². The van der Waals surface area contributed by atoms with Crippen LogP contribution in [0.3, 0.4) is 0 Å². The van der Waals surface area contributed by atoms with Gasteiger partial charge >= 0.3 is 5.69 Å². The summed E-state index contributed by atoms with van der Waals surface area (Å²) in [4.78, 5) is 45.7. The normalized spacial score (nSPS) is 20.2. The molecule has 1 saturated heterocycles. The molecule has 5 N–H and O–H groups in total. The number of nitrogens with two attached hydrogens (primary N) is 1. The van der Waals surface area contributed by atoms with Gasteiger partial charge in [0.25, 0.3) is 5.91 Å². The predicted octanol–water partition coefficient (Wildman–Crippen LogP) is 2.65. The van der Waals surface area contributed by atoms with Crippen molar-refractivity contribution in [3.8, 4) is 0 Å². The van der Waals surface area contributed by atoms with Gasteiger partial charge in [-0.3, -0.25) is 19.7 Å². The summed E-state index contributed by atoms with van der Waals surface area (Å²) in [7, 11) is 2.07. The van der Waals surface area contributed by atoms with E-state index in [9.17, 15) is 19.7 Å². The maximum atomic E-state index is 12.6. The summed E-state index contributed by atoms with van der Waals surface area (Å²) in [5.74, 6) is -0.788. The molecule has 2 atom stereocenters. The Morgan fingerprint density at radius 3 is 2.47 bits per heavy atom. The van der Waals surface area contributed by atoms with Gasteiger partial charge in [0.1, 0.15) is 6.20 Å². The number of anilines is 3. The first kappa shape index (κ1) is 26.8. The second-order valence-electron chi connectivity index (χ2n) is 9.13. The van der Waals surface area contributed by atoms with Crippen LogP contribution < -0.4 is 21.7 Å². The van der Waals surface area contributed by atoms with Crippen LogP contribution in [0.2, 0.25) is 0 Å². The van der Waals surface area contributed by atoms with Gasteiger partial charge < -0.3 is 26.6 Å². The average Bonchev–Trinajstić information content (AvgIpc) is 3.29. The highest BCUT2D eigenvalue weighted by molar-refractivity contribution is 5.94. The van der Waals surface area contributed by atoms with E-state index in [2.05, 4.69) is 37.9 Å². The number of piperidine rings is 1. The van der Waals surface area contributed by atoms with Gasteiger partial charge in [-0.2, -0.15) is 4.98 Å². The zero-order valence-electron chi connectivity index (χ0n) is 19.6. The molecule has 194 valence electrons. The molecule has 2 amide bonds. The van der Waals surface area contributed by atoms with Gasteiger partial charge in [-0.15, -0.1) is 0 Å². The van der Waals surface area contributed by atoms with Crippen LogP contribution in [-0.2, 0) is 4.79 Å². The van der Waals surface area contributed by atoms with Crippen molar-refractivity contribution in [2.75, 3.05) is 30.8 Å². The molecule has 2 aliphatic rings. The van der Waals surface area contributed by atoms with E-state index in [1.165, 1.54) is 0 Å². The van der Waals surface area contributed by atoms with E-state index < -0.39 is 16.7 Å². The molecule has 0 bridgehead atoms. The highest BCUT2D eigenvalue weighted by Crippen LogP contribution is 2.31. The van der Waals surface area contributed by atoms with Crippen LogP contribution in [0.4, 0.5) is 23.1 Å². The second-order valence-corrected chi connectivity index (χ2v) is 9.13. The van der Waals surface area contributed by atoms with Crippen molar-refractivity contribution < 1.29 is 14.5 Å². The van der Waals surface area contributed by atoms with Gasteiger partial charge in [0.15, 0.2) is 0 Å². The average molecular weight is 499 g/mol. The Morgan fingerprint density at radius 2 is 1.83 bits per heavy atom. The van der Waals surface area contributed by atoms with Gasteiger partial charge in [0, 0.05) is 23.3 Å². The molecule has 4 rings (SSSR count). The fourth-order valence-electron chi connectivity index (χ4n) is 4.58. The SMILES string of the molecule is C.CN1CCC(NC(=O)c2ccc(Nc3ncc([N+](=O)[O-])c(N[C@@H]4CCC[C@@H]4C(N)=O)n3)cc2)CC1.